The molecule has 3 unspecified atom stereocenters. The van der Waals surface area contributed by atoms with E-state index in [0.717, 1.165) is 24.1 Å². The smallest absolute Gasteiger partial charge is 0.253 e. The van der Waals surface area contributed by atoms with Crippen molar-refractivity contribution in [2.45, 2.75) is 43.1 Å². The van der Waals surface area contributed by atoms with E-state index in [1.807, 2.05) is 53.4 Å². The predicted octanol–water partition coefficient (Wildman–Crippen LogP) is 6.12. The van der Waals surface area contributed by atoms with E-state index >= 15 is 0 Å². The van der Waals surface area contributed by atoms with Crippen LogP contribution < -0.4 is 10.5 Å². The van der Waals surface area contributed by atoms with Gasteiger partial charge in [-0.25, -0.2) is 0 Å². The number of carbonyl (C=O) groups is 2. The molecule has 2 heterocycles. The fourth-order valence-corrected chi connectivity index (χ4v) is 7.09. The number of hydrogen-bond acceptors (Lipinski definition) is 4. The van der Waals surface area contributed by atoms with Crippen LogP contribution in [0, 0.1) is 0 Å². The van der Waals surface area contributed by atoms with Gasteiger partial charge in [-0.15, -0.1) is 12.4 Å². The molecule has 2 saturated heterocycles. The van der Waals surface area contributed by atoms with Crippen molar-refractivity contribution in [3.63, 3.8) is 0 Å². The maximum Gasteiger partial charge on any atom is 0.253 e. The van der Waals surface area contributed by atoms with Crippen molar-refractivity contribution in [2.75, 3.05) is 33.3 Å². The number of amides is 2. The van der Waals surface area contributed by atoms with Crippen molar-refractivity contribution in [3.05, 3.63) is 99.5 Å². The second-order valence-corrected chi connectivity index (χ2v) is 11.7. The number of primary amides is 1. The van der Waals surface area contributed by atoms with E-state index in [2.05, 4.69) is 11.8 Å². The molecule has 2 aliphatic heterocycles. The molecule has 2 fully saturated rings. The first-order valence-electron chi connectivity index (χ1n) is 13.7. The average Bonchev–Trinajstić information content (AvgIpc) is 3.44. The van der Waals surface area contributed by atoms with Crippen LogP contribution in [0.4, 0.5) is 0 Å². The van der Waals surface area contributed by atoms with Crippen molar-refractivity contribution >= 4 is 47.4 Å². The molecule has 9 heteroatoms. The van der Waals surface area contributed by atoms with E-state index in [1.54, 1.807) is 31.4 Å². The number of hydrogen-bond donors (Lipinski definition) is 1. The highest BCUT2D eigenvalue weighted by atomic mass is 35.5. The molecular formula is C32H36Cl3N3O3. The molecule has 3 aromatic rings. The molecule has 5 rings (SSSR count). The minimum Gasteiger partial charge on any atom is -0.497 e. The van der Waals surface area contributed by atoms with E-state index < -0.39 is 10.8 Å². The van der Waals surface area contributed by atoms with Crippen LogP contribution in [-0.2, 0) is 15.6 Å². The summed E-state index contributed by atoms with van der Waals surface area (Å²) in [5.74, 6) is 0.355. The molecule has 0 bridgehead atoms. The standard InChI is InChI=1S/C32H35Cl2N3O3.ClH/c1-3-36-17-15-31(30(35)39,23-7-5-4-6-8-23)20-28(36)32(24-11-14-26(33)27(34)19-24)16-18-37(21-32)29(38)22-9-12-25(40-2)13-10-22;/h4-14,19,28H,3,15-18,20-21H2,1-2H3,(H2,35,39);1H. The third-order valence-corrected chi connectivity index (χ3v) is 9.81. The van der Waals surface area contributed by atoms with E-state index in [-0.39, 0.29) is 30.3 Å². The molecule has 218 valence electrons. The summed E-state index contributed by atoms with van der Waals surface area (Å²) in [5, 5.41) is 0.957. The lowest BCUT2D eigenvalue weighted by molar-refractivity contribution is -0.127. The van der Waals surface area contributed by atoms with E-state index in [0.29, 0.717) is 53.8 Å². The monoisotopic (exact) mass is 615 g/mol. The summed E-state index contributed by atoms with van der Waals surface area (Å²) >= 11 is 12.9. The van der Waals surface area contributed by atoms with Crippen molar-refractivity contribution < 1.29 is 14.3 Å². The Balaban J connectivity index is 0.00000387. The van der Waals surface area contributed by atoms with E-state index in [9.17, 15) is 9.59 Å². The molecule has 3 aromatic carbocycles. The topological polar surface area (TPSA) is 75.9 Å². The Hall–Kier alpha value is -2.77. The highest BCUT2D eigenvalue weighted by molar-refractivity contribution is 6.42. The number of nitrogens with zero attached hydrogens (tertiary/aromatic N) is 2. The van der Waals surface area contributed by atoms with Crippen molar-refractivity contribution in [3.8, 4) is 5.75 Å². The first kappa shape index (κ1) is 31.2. The Morgan fingerprint density at radius 3 is 2.27 bits per heavy atom. The highest BCUT2D eigenvalue weighted by Gasteiger charge is 2.55. The lowest BCUT2D eigenvalue weighted by Crippen LogP contribution is -2.61. The summed E-state index contributed by atoms with van der Waals surface area (Å²) < 4.78 is 5.27. The molecule has 2 N–H and O–H groups in total. The molecule has 0 saturated carbocycles. The lowest BCUT2D eigenvalue weighted by Gasteiger charge is -2.52. The van der Waals surface area contributed by atoms with Crippen LogP contribution >= 0.6 is 35.6 Å². The van der Waals surface area contributed by atoms with Crippen LogP contribution in [0.5, 0.6) is 5.75 Å². The van der Waals surface area contributed by atoms with Crippen LogP contribution in [0.3, 0.4) is 0 Å². The Kier molecular flexibility index (Phi) is 9.59. The Labute approximate surface area is 258 Å². The lowest BCUT2D eigenvalue weighted by atomic mass is 9.61. The van der Waals surface area contributed by atoms with Crippen molar-refractivity contribution in [1.82, 2.24) is 9.80 Å². The van der Waals surface area contributed by atoms with E-state index in [4.69, 9.17) is 33.7 Å². The summed E-state index contributed by atoms with van der Waals surface area (Å²) in [6.45, 7) is 4.73. The largest absolute Gasteiger partial charge is 0.497 e. The van der Waals surface area contributed by atoms with Gasteiger partial charge in [-0.05, 0) is 79.9 Å². The number of rotatable bonds is 7. The molecule has 0 spiro atoms. The third-order valence-electron chi connectivity index (χ3n) is 9.07. The van der Waals surface area contributed by atoms with Crippen LogP contribution in [0.15, 0.2) is 72.8 Å². The van der Waals surface area contributed by atoms with Crippen molar-refractivity contribution in [2.24, 2.45) is 5.73 Å². The minimum atomic E-state index is -0.811. The number of benzene rings is 3. The van der Waals surface area contributed by atoms with Gasteiger partial charge in [-0.3, -0.25) is 14.5 Å². The summed E-state index contributed by atoms with van der Waals surface area (Å²) in [6.07, 6.45) is 1.91. The van der Waals surface area contributed by atoms with Gasteiger partial charge < -0.3 is 15.4 Å². The predicted molar refractivity (Wildman–Crippen MR) is 166 cm³/mol. The van der Waals surface area contributed by atoms with Gasteiger partial charge in [0.15, 0.2) is 0 Å². The SMILES string of the molecule is CCN1CCC(C(N)=O)(c2ccccc2)CC1C1(c2ccc(Cl)c(Cl)c2)CCN(C(=O)c2ccc(OC)cc2)C1.Cl. The molecule has 2 amide bonds. The fourth-order valence-electron chi connectivity index (χ4n) is 6.79. The fraction of sp³-hybridized carbons (Fsp3) is 0.375. The van der Waals surface area contributed by atoms with Crippen LogP contribution in [0.1, 0.15) is 47.7 Å². The zero-order valence-electron chi connectivity index (χ0n) is 23.3. The summed E-state index contributed by atoms with van der Waals surface area (Å²) in [7, 11) is 1.61. The van der Waals surface area contributed by atoms with Crippen LogP contribution in [0.2, 0.25) is 10.0 Å². The number of methoxy groups -OCH3 is 1. The number of nitrogens with two attached hydrogens (primary N) is 1. The number of piperidine rings is 1. The Morgan fingerprint density at radius 1 is 0.951 bits per heavy atom. The highest BCUT2D eigenvalue weighted by Crippen LogP contribution is 2.49. The number of ether oxygens (including phenoxy) is 1. The van der Waals surface area contributed by atoms with Crippen molar-refractivity contribution in [1.29, 1.82) is 0 Å². The molecular weight excluding hydrogens is 581 g/mol. The first-order chi connectivity index (χ1) is 19.2. The van der Waals surface area contributed by atoms with Gasteiger partial charge in [-0.1, -0.05) is 66.5 Å². The quantitative estimate of drug-likeness (QED) is 0.347. The molecule has 0 aromatic heterocycles. The number of likely N-dealkylation sites (N-methyl/N-ethyl adjacent to an activating group) is 1. The van der Waals surface area contributed by atoms with Gasteiger partial charge in [0, 0.05) is 30.1 Å². The zero-order chi connectivity index (χ0) is 28.5. The molecule has 0 radical (unpaired) electrons. The second-order valence-electron chi connectivity index (χ2n) is 10.9. The van der Waals surface area contributed by atoms with E-state index in [1.165, 1.54) is 0 Å². The first-order valence-corrected chi connectivity index (χ1v) is 14.5. The molecule has 0 aliphatic carbocycles. The van der Waals surface area contributed by atoms with Crippen LogP contribution in [0.25, 0.3) is 0 Å². The molecule has 6 nitrogen and oxygen atoms in total. The van der Waals surface area contributed by atoms with Gasteiger partial charge in [0.1, 0.15) is 5.75 Å². The maximum atomic E-state index is 13.7. The second kappa shape index (κ2) is 12.6. The van der Waals surface area contributed by atoms with Crippen LogP contribution in [-0.4, -0.2) is 60.9 Å². The Morgan fingerprint density at radius 2 is 1.66 bits per heavy atom. The van der Waals surface area contributed by atoms with Gasteiger partial charge >= 0.3 is 0 Å². The van der Waals surface area contributed by atoms with Gasteiger partial charge in [0.25, 0.3) is 5.91 Å². The number of carbonyl (C=O) groups excluding carboxylic acids is 2. The molecule has 3 atom stereocenters. The van der Waals surface area contributed by atoms with Gasteiger partial charge in [-0.2, -0.15) is 0 Å². The molecule has 41 heavy (non-hydrogen) atoms. The summed E-state index contributed by atoms with van der Waals surface area (Å²) in [4.78, 5) is 31.4. The molecule has 2 aliphatic rings. The zero-order valence-corrected chi connectivity index (χ0v) is 25.6. The number of halogens is 3. The summed E-state index contributed by atoms with van der Waals surface area (Å²) in [6, 6.07) is 22.8. The van der Waals surface area contributed by atoms with Gasteiger partial charge in [0.05, 0.1) is 22.6 Å². The number of likely N-dealkylation sites (tertiary alicyclic amines) is 2. The average molecular weight is 617 g/mol. The van der Waals surface area contributed by atoms with Gasteiger partial charge in [0.2, 0.25) is 5.91 Å². The minimum absolute atomic E-state index is 0. The normalized spacial score (nSPS) is 24.5. The third kappa shape index (κ3) is 5.68. The Bertz CT molecular complexity index is 1390. The maximum absolute atomic E-state index is 13.7. The summed E-state index contributed by atoms with van der Waals surface area (Å²) in [5.41, 5.74) is 7.48.